The molecule has 3 N–H and O–H groups in total. The Morgan fingerprint density at radius 1 is 1.65 bits per heavy atom. The average Bonchev–Trinajstić information content (AvgIpc) is 3.00. The lowest BCUT2D eigenvalue weighted by molar-refractivity contribution is -0.380. The van der Waals surface area contributed by atoms with Gasteiger partial charge >= 0.3 is 5.00 Å². The summed E-state index contributed by atoms with van der Waals surface area (Å²) in [6.07, 6.45) is 1.30. The van der Waals surface area contributed by atoms with Crippen molar-refractivity contribution in [2.24, 2.45) is 5.10 Å². The number of carbonyl (C=O) groups excluding carboxylic acids is 1. The lowest BCUT2D eigenvalue weighted by Crippen LogP contribution is -2.24. The highest BCUT2D eigenvalue weighted by Gasteiger charge is 2.09. The molecule has 0 atom stereocenters. The first kappa shape index (κ1) is 13.5. The highest BCUT2D eigenvalue weighted by atomic mass is 32.1. The number of hydrazone groups is 1. The number of aromatic nitrogens is 4. The third-order valence-electron chi connectivity index (χ3n) is 2.03. The lowest BCUT2D eigenvalue weighted by atomic mass is 10.5. The minimum Gasteiger partial charge on any atom is -0.367 e. The first-order valence-corrected chi connectivity index (χ1v) is 5.95. The highest BCUT2D eigenvalue weighted by molar-refractivity contribution is 7.16. The van der Waals surface area contributed by atoms with E-state index in [9.17, 15) is 14.9 Å². The predicted molar refractivity (Wildman–Crippen MR) is 68.9 cm³/mol. The molecule has 2 aromatic rings. The van der Waals surface area contributed by atoms with Gasteiger partial charge in [0.25, 0.3) is 5.91 Å². The number of thiophene rings is 1. The molecule has 0 radical (unpaired) electrons. The SMILES string of the molecule is Nc1nnnn1CC(=O)N/N=C/c1ccc([N+](=O)[O-])s1. The fraction of sp³-hybridized carbons (Fsp3) is 0.125. The highest BCUT2D eigenvalue weighted by Crippen LogP contribution is 2.22. The van der Waals surface area contributed by atoms with Gasteiger partial charge in [-0.3, -0.25) is 14.9 Å². The molecule has 0 unspecified atom stereocenters. The van der Waals surface area contributed by atoms with Gasteiger partial charge in [0.1, 0.15) is 6.54 Å². The van der Waals surface area contributed by atoms with Crippen molar-refractivity contribution in [2.45, 2.75) is 6.54 Å². The van der Waals surface area contributed by atoms with E-state index in [-0.39, 0.29) is 17.5 Å². The third-order valence-corrected chi connectivity index (χ3v) is 3.00. The molecule has 0 saturated carbocycles. The van der Waals surface area contributed by atoms with Gasteiger partial charge in [-0.2, -0.15) is 5.10 Å². The zero-order valence-corrected chi connectivity index (χ0v) is 10.6. The minimum absolute atomic E-state index is 0.000704. The summed E-state index contributed by atoms with van der Waals surface area (Å²) in [5.74, 6) is -0.468. The Kier molecular flexibility index (Phi) is 3.95. The van der Waals surface area contributed by atoms with Crippen molar-refractivity contribution in [2.75, 3.05) is 5.73 Å². The largest absolute Gasteiger partial charge is 0.367 e. The molecule has 2 rings (SSSR count). The van der Waals surface area contributed by atoms with Crippen molar-refractivity contribution in [3.05, 3.63) is 27.1 Å². The first-order valence-electron chi connectivity index (χ1n) is 5.14. The van der Waals surface area contributed by atoms with E-state index in [1.807, 2.05) is 0 Å². The number of nitrogens with one attached hydrogen (secondary N) is 1. The summed E-state index contributed by atoms with van der Waals surface area (Å²) < 4.78 is 1.10. The Morgan fingerprint density at radius 2 is 2.45 bits per heavy atom. The molecule has 20 heavy (non-hydrogen) atoms. The molecule has 11 nitrogen and oxygen atoms in total. The Morgan fingerprint density at radius 3 is 3.05 bits per heavy atom. The van der Waals surface area contributed by atoms with Crippen molar-refractivity contribution < 1.29 is 9.72 Å². The van der Waals surface area contributed by atoms with Crippen LogP contribution in [-0.2, 0) is 11.3 Å². The van der Waals surface area contributed by atoms with E-state index in [1.165, 1.54) is 18.3 Å². The molecular weight excluding hydrogens is 288 g/mol. The van der Waals surface area contributed by atoms with Crippen LogP contribution >= 0.6 is 11.3 Å². The van der Waals surface area contributed by atoms with E-state index in [0.717, 1.165) is 16.0 Å². The maximum Gasteiger partial charge on any atom is 0.324 e. The molecule has 0 aromatic carbocycles. The maximum atomic E-state index is 11.5. The summed E-state index contributed by atoms with van der Waals surface area (Å²) in [5, 5.41) is 24.3. The van der Waals surface area contributed by atoms with Gasteiger partial charge in [0.15, 0.2) is 0 Å². The van der Waals surface area contributed by atoms with Gasteiger partial charge in [0.2, 0.25) is 5.95 Å². The van der Waals surface area contributed by atoms with Crippen LogP contribution in [0.3, 0.4) is 0 Å². The van der Waals surface area contributed by atoms with Crippen LogP contribution in [0.5, 0.6) is 0 Å². The lowest BCUT2D eigenvalue weighted by Gasteiger charge is -1.99. The van der Waals surface area contributed by atoms with Crippen molar-refractivity contribution in [3.8, 4) is 0 Å². The molecular formula is C8H8N8O3S. The number of anilines is 1. The van der Waals surface area contributed by atoms with Crippen LogP contribution in [-0.4, -0.2) is 37.3 Å². The van der Waals surface area contributed by atoms with Gasteiger partial charge in [0.05, 0.1) is 16.0 Å². The van der Waals surface area contributed by atoms with Crippen LogP contribution in [0.15, 0.2) is 17.2 Å². The second-order valence-corrected chi connectivity index (χ2v) is 4.51. The Bertz CT molecular complexity index is 662. The Labute approximate surface area is 115 Å². The number of nitrogen functional groups attached to an aromatic ring is 1. The molecule has 0 aliphatic heterocycles. The average molecular weight is 296 g/mol. The van der Waals surface area contributed by atoms with Gasteiger partial charge in [0, 0.05) is 6.07 Å². The molecule has 2 heterocycles. The molecule has 0 spiro atoms. The van der Waals surface area contributed by atoms with Crippen LogP contribution in [0.1, 0.15) is 4.88 Å². The summed E-state index contributed by atoms with van der Waals surface area (Å²) in [5.41, 5.74) is 7.62. The quantitative estimate of drug-likeness (QED) is 0.423. The van der Waals surface area contributed by atoms with Crippen molar-refractivity contribution in [1.82, 2.24) is 25.6 Å². The summed E-state index contributed by atoms with van der Waals surface area (Å²) in [6, 6.07) is 2.88. The van der Waals surface area contributed by atoms with E-state index < -0.39 is 10.8 Å². The number of nitrogens with two attached hydrogens (primary N) is 1. The molecule has 1 amide bonds. The summed E-state index contributed by atoms with van der Waals surface area (Å²) in [6.45, 7) is -0.180. The van der Waals surface area contributed by atoms with Gasteiger partial charge < -0.3 is 5.73 Å². The number of tetrazole rings is 1. The van der Waals surface area contributed by atoms with E-state index in [1.54, 1.807) is 0 Å². The molecule has 0 bridgehead atoms. The molecule has 0 aliphatic rings. The third kappa shape index (κ3) is 3.32. The zero-order valence-electron chi connectivity index (χ0n) is 9.83. The summed E-state index contributed by atoms with van der Waals surface area (Å²) in [4.78, 5) is 22.0. The van der Waals surface area contributed by atoms with Gasteiger partial charge in [-0.1, -0.05) is 16.4 Å². The van der Waals surface area contributed by atoms with E-state index in [4.69, 9.17) is 5.73 Å². The number of hydrogen-bond acceptors (Lipinski definition) is 9. The zero-order chi connectivity index (χ0) is 14.5. The standard InChI is InChI=1S/C8H8N8O3S/c9-8-12-13-14-15(8)4-6(17)11-10-3-5-1-2-7(20-5)16(18)19/h1-3H,4H2,(H,11,17)(H2,9,12,14)/b10-3+. The topological polar surface area (TPSA) is 154 Å². The molecule has 104 valence electrons. The maximum absolute atomic E-state index is 11.5. The molecule has 0 fully saturated rings. The second kappa shape index (κ2) is 5.83. The van der Waals surface area contributed by atoms with Crippen LogP contribution in [0.2, 0.25) is 0 Å². The van der Waals surface area contributed by atoms with Crippen LogP contribution in [0.25, 0.3) is 0 Å². The van der Waals surface area contributed by atoms with Gasteiger partial charge in [-0.05, 0) is 16.5 Å². The fourth-order valence-corrected chi connectivity index (χ4v) is 1.87. The normalized spacial score (nSPS) is 10.8. The smallest absolute Gasteiger partial charge is 0.324 e. The number of hydrogen-bond donors (Lipinski definition) is 2. The van der Waals surface area contributed by atoms with Gasteiger partial charge in [-0.15, -0.1) is 0 Å². The summed E-state index contributed by atoms with van der Waals surface area (Å²) >= 11 is 0.943. The van der Waals surface area contributed by atoms with Gasteiger partial charge in [-0.25, -0.2) is 10.1 Å². The van der Waals surface area contributed by atoms with E-state index in [2.05, 4.69) is 26.1 Å². The van der Waals surface area contributed by atoms with E-state index >= 15 is 0 Å². The fourth-order valence-electron chi connectivity index (χ4n) is 1.17. The molecule has 2 aromatic heterocycles. The Hall–Kier alpha value is -2.89. The van der Waals surface area contributed by atoms with Crippen LogP contribution < -0.4 is 11.2 Å². The monoisotopic (exact) mass is 296 g/mol. The first-order chi connectivity index (χ1) is 9.56. The molecule has 12 heteroatoms. The van der Waals surface area contributed by atoms with E-state index in [0.29, 0.717) is 4.88 Å². The van der Waals surface area contributed by atoms with Crippen LogP contribution in [0, 0.1) is 10.1 Å². The van der Waals surface area contributed by atoms with Crippen molar-refractivity contribution in [3.63, 3.8) is 0 Å². The molecule has 0 aliphatic carbocycles. The molecule has 0 saturated heterocycles. The Balaban J connectivity index is 1.87. The number of nitro groups is 1. The van der Waals surface area contributed by atoms with Crippen LogP contribution in [0.4, 0.5) is 10.9 Å². The predicted octanol–water partition coefficient (Wildman–Crippen LogP) is -0.625. The second-order valence-electron chi connectivity index (χ2n) is 3.42. The summed E-state index contributed by atoms with van der Waals surface area (Å²) in [7, 11) is 0. The minimum atomic E-state index is -0.499. The van der Waals surface area contributed by atoms with Crippen molar-refractivity contribution in [1.29, 1.82) is 0 Å². The number of rotatable bonds is 5. The number of carbonyl (C=O) groups is 1. The number of nitrogens with zero attached hydrogens (tertiary/aromatic N) is 6. The van der Waals surface area contributed by atoms with Crippen molar-refractivity contribution >= 4 is 34.4 Å². The number of amides is 1.